The van der Waals surface area contributed by atoms with Gasteiger partial charge in [0, 0.05) is 15.7 Å². The van der Waals surface area contributed by atoms with Gasteiger partial charge in [-0.3, -0.25) is 4.79 Å². The number of nitrogens with zero attached hydrogens (tertiary/aromatic N) is 1. The number of β-lactam (4-membered cyclic amide) rings is 1. The quantitative estimate of drug-likeness (QED) is 0.853. The average molecular weight is 351 g/mol. The highest BCUT2D eigenvalue weighted by Crippen LogP contribution is 2.41. The first kappa shape index (κ1) is 16.1. The van der Waals surface area contributed by atoms with Gasteiger partial charge in [0.1, 0.15) is 11.8 Å². The molecule has 3 rings (SSSR count). The van der Waals surface area contributed by atoms with Crippen LogP contribution in [0.15, 0.2) is 42.5 Å². The monoisotopic (exact) mass is 350 g/mol. The van der Waals surface area contributed by atoms with Crippen molar-refractivity contribution in [2.75, 3.05) is 11.5 Å². The Morgan fingerprint density at radius 1 is 1.17 bits per heavy atom. The van der Waals surface area contributed by atoms with E-state index in [-0.39, 0.29) is 11.9 Å². The van der Waals surface area contributed by atoms with E-state index >= 15 is 0 Å². The molecule has 0 saturated carbocycles. The molecule has 6 heteroatoms. The van der Waals surface area contributed by atoms with E-state index in [1.165, 1.54) is 0 Å². The molecule has 0 spiro atoms. The number of hydrogen-bond acceptors (Lipinski definition) is 3. The largest absolute Gasteiger partial charge is 0.494 e. The summed E-state index contributed by atoms with van der Waals surface area (Å²) in [7, 11) is 0. The van der Waals surface area contributed by atoms with E-state index in [4.69, 9.17) is 33.7 Å². The van der Waals surface area contributed by atoms with Gasteiger partial charge in [0.25, 0.3) is 0 Å². The lowest BCUT2D eigenvalue weighted by molar-refractivity contribution is -0.126. The molecule has 0 aliphatic carbocycles. The number of anilines is 1. The summed E-state index contributed by atoms with van der Waals surface area (Å²) in [5.74, 6) is 0.625. The van der Waals surface area contributed by atoms with Crippen molar-refractivity contribution in [2.45, 2.75) is 19.0 Å². The summed E-state index contributed by atoms with van der Waals surface area (Å²) in [5, 5.41) is 1.05. The molecule has 1 aliphatic heterocycles. The molecule has 2 N–H and O–H groups in total. The molecule has 1 amide bonds. The van der Waals surface area contributed by atoms with Crippen LogP contribution in [0.5, 0.6) is 5.75 Å². The first-order chi connectivity index (χ1) is 11.0. The van der Waals surface area contributed by atoms with E-state index in [0.29, 0.717) is 16.7 Å². The molecule has 1 heterocycles. The van der Waals surface area contributed by atoms with E-state index in [1.807, 2.05) is 37.3 Å². The lowest BCUT2D eigenvalue weighted by Gasteiger charge is -2.46. The molecule has 0 aromatic heterocycles. The van der Waals surface area contributed by atoms with Gasteiger partial charge in [0.2, 0.25) is 5.91 Å². The Hall–Kier alpha value is -1.75. The van der Waals surface area contributed by atoms with Gasteiger partial charge in [0.05, 0.1) is 12.6 Å². The first-order valence-corrected chi connectivity index (χ1v) is 8.05. The number of carbonyl (C=O) groups excluding carboxylic acids is 1. The highest BCUT2D eigenvalue weighted by atomic mass is 35.5. The van der Waals surface area contributed by atoms with Crippen molar-refractivity contribution in [1.82, 2.24) is 0 Å². The minimum absolute atomic E-state index is 0.134. The van der Waals surface area contributed by atoms with Crippen LogP contribution in [0.25, 0.3) is 0 Å². The fraction of sp³-hybridized carbons (Fsp3) is 0.235. The van der Waals surface area contributed by atoms with E-state index < -0.39 is 6.04 Å². The van der Waals surface area contributed by atoms with Crippen LogP contribution < -0.4 is 15.4 Å². The molecule has 2 aromatic carbocycles. The van der Waals surface area contributed by atoms with Crippen molar-refractivity contribution < 1.29 is 9.53 Å². The Labute approximate surface area is 144 Å². The molecule has 2 aromatic rings. The predicted molar refractivity (Wildman–Crippen MR) is 92.3 cm³/mol. The Bertz CT molecular complexity index is 734. The maximum absolute atomic E-state index is 12.2. The zero-order valence-corrected chi connectivity index (χ0v) is 14.0. The molecule has 1 saturated heterocycles. The molecule has 1 fully saturated rings. The number of amides is 1. The highest BCUT2D eigenvalue weighted by Gasteiger charge is 2.47. The summed E-state index contributed by atoms with van der Waals surface area (Å²) in [6.45, 7) is 2.51. The Morgan fingerprint density at radius 3 is 2.48 bits per heavy atom. The average Bonchev–Trinajstić information content (AvgIpc) is 2.54. The lowest BCUT2D eigenvalue weighted by atomic mass is 9.88. The van der Waals surface area contributed by atoms with Crippen molar-refractivity contribution in [2.24, 2.45) is 5.73 Å². The summed E-state index contributed by atoms with van der Waals surface area (Å²) in [6, 6.07) is 11.6. The molecule has 0 radical (unpaired) electrons. The molecule has 23 heavy (non-hydrogen) atoms. The molecular weight excluding hydrogens is 335 g/mol. The van der Waals surface area contributed by atoms with Gasteiger partial charge >= 0.3 is 0 Å². The third-order valence-electron chi connectivity index (χ3n) is 3.85. The zero-order valence-electron chi connectivity index (χ0n) is 12.5. The standard InChI is InChI=1S/C17H16Cl2N2O2/c1-2-23-12-6-4-11(5-7-12)21-16(15(20)17(21)22)13-8-3-10(18)9-14(13)19/h3-9,15-16H,2,20H2,1H3/t15-,16+/m0/s1. The third kappa shape index (κ3) is 2.90. The molecule has 0 bridgehead atoms. The van der Waals surface area contributed by atoms with Crippen LogP contribution in [-0.4, -0.2) is 18.6 Å². The Kier molecular flexibility index (Phi) is 4.48. The van der Waals surface area contributed by atoms with Crippen molar-refractivity contribution in [3.8, 4) is 5.75 Å². The fourth-order valence-corrected chi connectivity index (χ4v) is 3.26. The maximum Gasteiger partial charge on any atom is 0.247 e. The Morgan fingerprint density at radius 2 is 1.87 bits per heavy atom. The van der Waals surface area contributed by atoms with Gasteiger partial charge in [-0.2, -0.15) is 0 Å². The van der Waals surface area contributed by atoms with Crippen LogP contribution in [0.4, 0.5) is 5.69 Å². The summed E-state index contributed by atoms with van der Waals surface area (Å²) >= 11 is 12.2. The van der Waals surface area contributed by atoms with Crippen LogP contribution in [-0.2, 0) is 4.79 Å². The molecule has 120 valence electrons. The van der Waals surface area contributed by atoms with Gasteiger partial charge in [0.15, 0.2) is 0 Å². The molecule has 4 nitrogen and oxygen atoms in total. The summed E-state index contributed by atoms with van der Waals surface area (Å²) < 4.78 is 5.42. The number of benzene rings is 2. The van der Waals surface area contributed by atoms with Crippen molar-refractivity contribution in [1.29, 1.82) is 0 Å². The minimum atomic E-state index is -0.611. The summed E-state index contributed by atoms with van der Waals surface area (Å²) in [6.07, 6.45) is 0. The second-order valence-corrected chi connectivity index (χ2v) is 6.12. The van der Waals surface area contributed by atoms with Gasteiger partial charge in [-0.15, -0.1) is 0 Å². The minimum Gasteiger partial charge on any atom is -0.494 e. The number of carbonyl (C=O) groups is 1. The summed E-state index contributed by atoms with van der Waals surface area (Å²) in [4.78, 5) is 13.9. The number of nitrogens with two attached hydrogens (primary N) is 1. The predicted octanol–water partition coefficient (Wildman–Crippen LogP) is 3.81. The van der Waals surface area contributed by atoms with Crippen LogP contribution in [0.3, 0.4) is 0 Å². The van der Waals surface area contributed by atoms with E-state index in [2.05, 4.69) is 0 Å². The highest BCUT2D eigenvalue weighted by molar-refractivity contribution is 6.35. The van der Waals surface area contributed by atoms with Gasteiger partial charge in [-0.25, -0.2) is 0 Å². The van der Waals surface area contributed by atoms with E-state index in [1.54, 1.807) is 17.0 Å². The summed E-state index contributed by atoms with van der Waals surface area (Å²) in [5.41, 5.74) is 7.55. The van der Waals surface area contributed by atoms with Crippen LogP contribution in [0, 0.1) is 0 Å². The molecule has 2 atom stereocenters. The lowest BCUT2D eigenvalue weighted by Crippen LogP contribution is -2.63. The number of halogens is 2. The normalized spacial score (nSPS) is 20.3. The van der Waals surface area contributed by atoms with Crippen molar-refractivity contribution in [3.63, 3.8) is 0 Å². The molecule has 1 aliphatic rings. The fourth-order valence-electron chi connectivity index (χ4n) is 2.74. The number of ether oxygens (including phenoxy) is 1. The van der Waals surface area contributed by atoms with E-state index in [9.17, 15) is 4.79 Å². The van der Waals surface area contributed by atoms with E-state index in [0.717, 1.165) is 17.0 Å². The first-order valence-electron chi connectivity index (χ1n) is 7.29. The van der Waals surface area contributed by atoms with Crippen molar-refractivity contribution >= 4 is 34.8 Å². The maximum atomic E-state index is 12.2. The van der Waals surface area contributed by atoms with Crippen LogP contribution in [0.1, 0.15) is 18.5 Å². The molecular formula is C17H16Cl2N2O2. The third-order valence-corrected chi connectivity index (χ3v) is 4.41. The topological polar surface area (TPSA) is 55.6 Å². The number of hydrogen-bond donors (Lipinski definition) is 1. The van der Waals surface area contributed by atoms with Gasteiger partial charge in [-0.05, 0) is 48.9 Å². The van der Waals surface area contributed by atoms with Crippen molar-refractivity contribution in [3.05, 3.63) is 58.1 Å². The molecule has 0 unspecified atom stereocenters. The van der Waals surface area contributed by atoms with Crippen LogP contribution >= 0.6 is 23.2 Å². The smallest absolute Gasteiger partial charge is 0.247 e. The van der Waals surface area contributed by atoms with Crippen LogP contribution in [0.2, 0.25) is 10.0 Å². The number of rotatable bonds is 4. The Balaban J connectivity index is 1.92. The zero-order chi connectivity index (χ0) is 16.6. The second kappa shape index (κ2) is 6.40. The SMILES string of the molecule is CCOc1ccc(N2C(=O)[C@@H](N)[C@H]2c2ccc(Cl)cc2Cl)cc1. The van der Waals surface area contributed by atoms with Gasteiger partial charge in [-0.1, -0.05) is 29.3 Å². The van der Waals surface area contributed by atoms with Gasteiger partial charge < -0.3 is 15.4 Å². The second-order valence-electron chi connectivity index (χ2n) is 5.27.